The molecule has 0 saturated carbocycles. The second kappa shape index (κ2) is 5.39. The number of nitrogens with zero attached hydrogens (tertiary/aromatic N) is 3. The lowest BCUT2D eigenvalue weighted by Gasteiger charge is -2.08. The number of hydrogen-bond acceptors (Lipinski definition) is 5. The third-order valence-corrected chi connectivity index (χ3v) is 3.03. The van der Waals surface area contributed by atoms with E-state index in [2.05, 4.69) is 30.6 Å². The van der Waals surface area contributed by atoms with Gasteiger partial charge in [0.15, 0.2) is 12.4 Å². The van der Waals surface area contributed by atoms with Gasteiger partial charge in [-0.1, -0.05) is 0 Å². The van der Waals surface area contributed by atoms with Gasteiger partial charge in [-0.05, 0) is 15.9 Å². The van der Waals surface area contributed by atoms with E-state index < -0.39 is 39.7 Å². The van der Waals surface area contributed by atoms with Crippen LogP contribution in [0.2, 0.25) is 0 Å². The van der Waals surface area contributed by atoms with E-state index in [4.69, 9.17) is 0 Å². The maximum Gasteiger partial charge on any atom is 0.422 e. The van der Waals surface area contributed by atoms with E-state index in [0.29, 0.717) is 0 Å². The topological polar surface area (TPSA) is 78.2 Å². The molecule has 0 radical (unpaired) electrons. The predicted octanol–water partition coefficient (Wildman–Crippen LogP) is 3.38. The van der Waals surface area contributed by atoms with E-state index >= 15 is 0 Å². The highest BCUT2D eigenvalue weighted by Gasteiger charge is 2.29. The van der Waals surface area contributed by atoms with E-state index in [9.17, 15) is 27.7 Å². The van der Waals surface area contributed by atoms with E-state index in [0.717, 1.165) is 12.3 Å². The fraction of sp³-hybridized carbons (Fsp3) is 0.200. The Balaban J connectivity index is 2.46. The van der Waals surface area contributed by atoms with Gasteiger partial charge in [-0.25, -0.2) is 9.37 Å². The number of nitro groups is 1. The third-order valence-electron chi connectivity index (χ3n) is 2.27. The molecule has 0 atom stereocenters. The first kappa shape index (κ1) is 15.4. The van der Waals surface area contributed by atoms with Crippen LogP contribution in [-0.4, -0.2) is 27.7 Å². The molecule has 0 N–H and O–H groups in total. The van der Waals surface area contributed by atoms with Gasteiger partial charge in [-0.3, -0.25) is 10.1 Å². The standard InChI is InChI=1S/C10H4BrF4N3O3/c11-6-5(18(19)20)1-4-2-16-9(17-8(4)7(6)12)21-3-10(13,14)15/h1-2H,3H2. The Kier molecular flexibility index (Phi) is 3.94. The molecular weight excluding hydrogens is 366 g/mol. The minimum absolute atomic E-state index is 0.0400. The minimum Gasteiger partial charge on any atom is -0.454 e. The lowest BCUT2D eigenvalue weighted by atomic mass is 10.2. The van der Waals surface area contributed by atoms with Crippen molar-refractivity contribution in [2.45, 2.75) is 6.18 Å². The van der Waals surface area contributed by atoms with Crippen molar-refractivity contribution in [1.82, 2.24) is 9.97 Å². The number of ether oxygens (including phenoxy) is 1. The van der Waals surface area contributed by atoms with Gasteiger partial charge in [-0.2, -0.15) is 18.2 Å². The van der Waals surface area contributed by atoms with Gasteiger partial charge in [0.1, 0.15) is 9.99 Å². The van der Waals surface area contributed by atoms with Gasteiger partial charge in [0.2, 0.25) is 0 Å². The van der Waals surface area contributed by atoms with Crippen molar-refractivity contribution < 1.29 is 27.2 Å². The summed E-state index contributed by atoms with van der Waals surface area (Å²) in [6.45, 7) is -1.63. The van der Waals surface area contributed by atoms with Crippen LogP contribution in [0.5, 0.6) is 6.01 Å². The summed E-state index contributed by atoms with van der Waals surface area (Å²) in [5.41, 5.74) is -0.938. The lowest BCUT2D eigenvalue weighted by molar-refractivity contribution is -0.385. The molecule has 0 aliphatic heterocycles. The lowest BCUT2D eigenvalue weighted by Crippen LogP contribution is -2.20. The molecule has 0 aliphatic rings. The molecule has 0 bridgehead atoms. The minimum atomic E-state index is -4.59. The SMILES string of the molecule is O=[N+]([O-])c1cc2cnc(OCC(F)(F)F)nc2c(F)c1Br. The third kappa shape index (κ3) is 3.35. The van der Waals surface area contributed by atoms with Crippen molar-refractivity contribution in [2.75, 3.05) is 6.61 Å². The molecule has 1 heterocycles. The molecule has 0 spiro atoms. The fourth-order valence-electron chi connectivity index (χ4n) is 1.43. The Hall–Kier alpha value is -2.04. The van der Waals surface area contributed by atoms with Crippen LogP contribution in [0.1, 0.15) is 0 Å². The first-order valence-electron chi connectivity index (χ1n) is 5.18. The molecule has 0 unspecified atom stereocenters. The van der Waals surface area contributed by atoms with E-state index in [1.807, 2.05) is 0 Å². The average Bonchev–Trinajstić information content (AvgIpc) is 2.39. The molecule has 0 saturated heterocycles. The summed E-state index contributed by atoms with van der Waals surface area (Å²) < 4.78 is 53.8. The van der Waals surface area contributed by atoms with Gasteiger partial charge < -0.3 is 4.74 Å². The number of fused-ring (bicyclic) bond motifs is 1. The van der Waals surface area contributed by atoms with Gasteiger partial charge in [0, 0.05) is 17.6 Å². The van der Waals surface area contributed by atoms with Crippen LogP contribution in [0, 0.1) is 15.9 Å². The van der Waals surface area contributed by atoms with Crippen LogP contribution >= 0.6 is 15.9 Å². The normalized spacial score (nSPS) is 11.7. The molecule has 1 aromatic heterocycles. The molecule has 21 heavy (non-hydrogen) atoms. The molecule has 112 valence electrons. The number of rotatable bonds is 3. The van der Waals surface area contributed by atoms with Crippen LogP contribution in [0.25, 0.3) is 10.9 Å². The van der Waals surface area contributed by atoms with Crippen LogP contribution < -0.4 is 4.74 Å². The Morgan fingerprint density at radius 1 is 1.43 bits per heavy atom. The Bertz CT molecular complexity index is 723. The monoisotopic (exact) mass is 369 g/mol. The number of alkyl halides is 3. The van der Waals surface area contributed by atoms with Crippen LogP contribution in [0.4, 0.5) is 23.2 Å². The number of halogens is 5. The average molecular weight is 370 g/mol. The van der Waals surface area contributed by atoms with Crippen molar-refractivity contribution in [2.24, 2.45) is 0 Å². The summed E-state index contributed by atoms with van der Waals surface area (Å²) in [5, 5.41) is 10.7. The Morgan fingerprint density at radius 2 is 2.10 bits per heavy atom. The summed E-state index contributed by atoms with van der Waals surface area (Å²) >= 11 is 2.70. The second-order valence-electron chi connectivity index (χ2n) is 3.78. The second-order valence-corrected chi connectivity index (χ2v) is 4.57. The van der Waals surface area contributed by atoms with Crippen LogP contribution in [0.15, 0.2) is 16.7 Å². The summed E-state index contributed by atoms with van der Waals surface area (Å²) in [6, 6.07) is 0.315. The molecule has 0 aliphatic carbocycles. The summed E-state index contributed by atoms with van der Waals surface area (Å²) in [7, 11) is 0. The van der Waals surface area contributed by atoms with E-state index in [1.54, 1.807) is 0 Å². The highest BCUT2D eigenvalue weighted by atomic mass is 79.9. The summed E-state index contributed by atoms with van der Waals surface area (Å²) in [5.74, 6) is -1.08. The highest BCUT2D eigenvalue weighted by molar-refractivity contribution is 9.10. The van der Waals surface area contributed by atoms with Gasteiger partial charge in [0.25, 0.3) is 5.69 Å². The van der Waals surface area contributed by atoms with E-state index in [-0.39, 0.29) is 10.9 Å². The van der Waals surface area contributed by atoms with Crippen molar-refractivity contribution in [3.05, 3.63) is 32.7 Å². The maximum absolute atomic E-state index is 14.0. The molecule has 0 amide bonds. The van der Waals surface area contributed by atoms with Gasteiger partial charge >= 0.3 is 12.2 Å². The highest BCUT2D eigenvalue weighted by Crippen LogP contribution is 2.33. The molecule has 2 rings (SSSR count). The molecule has 6 nitrogen and oxygen atoms in total. The number of benzene rings is 1. The number of aromatic nitrogens is 2. The summed E-state index contributed by atoms with van der Waals surface area (Å²) in [6.07, 6.45) is -3.65. The predicted molar refractivity (Wildman–Crippen MR) is 65.4 cm³/mol. The molecule has 0 fully saturated rings. The van der Waals surface area contributed by atoms with Crippen molar-refractivity contribution >= 4 is 32.5 Å². The Morgan fingerprint density at radius 3 is 2.67 bits per heavy atom. The zero-order valence-corrected chi connectivity index (χ0v) is 11.4. The first-order valence-corrected chi connectivity index (χ1v) is 5.97. The van der Waals surface area contributed by atoms with Crippen molar-refractivity contribution in [1.29, 1.82) is 0 Å². The first-order chi connectivity index (χ1) is 9.69. The molecule has 2 aromatic rings. The van der Waals surface area contributed by atoms with Crippen LogP contribution in [-0.2, 0) is 0 Å². The zero-order chi connectivity index (χ0) is 15.8. The molecular formula is C10H4BrF4N3O3. The number of hydrogen-bond donors (Lipinski definition) is 0. The quantitative estimate of drug-likeness (QED) is 0.470. The Labute approximate surface area is 122 Å². The van der Waals surface area contributed by atoms with Crippen LogP contribution in [0.3, 0.4) is 0 Å². The number of nitro benzene ring substituents is 1. The fourth-order valence-corrected chi connectivity index (χ4v) is 1.88. The van der Waals surface area contributed by atoms with Gasteiger partial charge in [0.05, 0.1) is 4.92 Å². The largest absolute Gasteiger partial charge is 0.454 e. The smallest absolute Gasteiger partial charge is 0.422 e. The zero-order valence-electron chi connectivity index (χ0n) is 9.82. The van der Waals surface area contributed by atoms with Crippen molar-refractivity contribution in [3.63, 3.8) is 0 Å². The molecule has 1 aromatic carbocycles. The van der Waals surface area contributed by atoms with Gasteiger partial charge in [-0.15, -0.1) is 0 Å². The summed E-state index contributed by atoms with van der Waals surface area (Å²) in [4.78, 5) is 16.8. The van der Waals surface area contributed by atoms with Crippen molar-refractivity contribution in [3.8, 4) is 6.01 Å². The van der Waals surface area contributed by atoms with E-state index in [1.165, 1.54) is 0 Å². The molecule has 11 heteroatoms. The maximum atomic E-state index is 14.0.